The van der Waals surface area contributed by atoms with Crippen LogP contribution in [0.15, 0.2) is 59.7 Å². The highest BCUT2D eigenvalue weighted by atomic mass is 16.6. The maximum atomic E-state index is 12.3. The van der Waals surface area contributed by atoms with E-state index in [1.807, 2.05) is 30.3 Å². The van der Waals surface area contributed by atoms with Crippen molar-refractivity contribution in [2.24, 2.45) is 5.10 Å². The first kappa shape index (κ1) is 15.9. The number of rotatable bonds is 4. The molecule has 0 aliphatic carbocycles. The first-order valence-corrected chi connectivity index (χ1v) is 7.80. The van der Waals surface area contributed by atoms with E-state index < -0.39 is 4.92 Å². The molecule has 1 amide bonds. The second kappa shape index (κ2) is 6.62. The number of carbonyl (C=O) groups is 1. The zero-order chi connectivity index (χ0) is 17.1. The molecule has 0 saturated heterocycles. The standard InChI is InChI=1S/C18H17N3O3/c1-2-18(22)20-17(13-8-4-3-5-9-13)12-15(19-20)14-10-6-7-11-16(14)21(23)24/h3-11,17H,2,12H2,1H3/t17-/m1/s1. The van der Waals surface area contributed by atoms with Crippen molar-refractivity contribution in [1.82, 2.24) is 5.01 Å². The van der Waals surface area contributed by atoms with Gasteiger partial charge in [0, 0.05) is 18.9 Å². The van der Waals surface area contributed by atoms with Crippen molar-refractivity contribution in [3.63, 3.8) is 0 Å². The zero-order valence-electron chi connectivity index (χ0n) is 13.3. The van der Waals surface area contributed by atoms with Crippen molar-refractivity contribution in [1.29, 1.82) is 0 Å². The quantitative estimate of drug-likeness (QED) is 0.636. The molecular weight excluding hydrogens is 306 g/mol. The van der Waals surface area contributed by atoms with Crippen molar-refractivity contribution >= 4 is 17.3 Å². The van der Waals surface area contributed by atoms with E-state index in [4.69, 9.17) is 0 Å². The summed E-state index contributed by atoms with van der Waals surface area (Å²) < 4.78 is 0. The molecule has 2 aromatic carbocycles. The van der Waals surface area contributed by atoms with Crippen LogP contribution in [0.25, 0.3) is 0 Å². The summed E-state index contributed by atoms with van der Waals surface area (Å²) in [5, 5.41) is 17.2. The van der Waals surface area contributed by atoms with E-state index in [2.05, 4.69) is 5.10 Å². The fraction of sp³-hybridized carbons (Fsp3) is 0.222. The minimum absolute atomic E-state index is 0.00820. The van der Waals surface area contributed by atoms with Gasteiger partial charge in [-0.3, -0.25) is 14.9 Å². The van der Waals surface area contributed by atoms with Gasteiger partial charge in [0.2, 0.25) is 5.91 Å². The van der Waals surface area contributed by atoms with Gasteiger partial charge in [-0.2, -0.15) is 5.10 Å². The molecule has 1 aliphatic heterocycles. The molecule has 0 radical (unpaired) electrons. The summed E-state index contributed by atoms with van der Waals surface area (Å²) in [6.45, 7) is 1.78. The third kappa shape index (κ3) is 2.90. The van der Waals surface area contributed by atoms with Crippen molar-refractivity contribution in [3.8, 4) is 0 Å². The number of amides is 1. The van der Waals surface area contributed by atoms with Crippen molar-refractivity contribution in [2.45, 2.75) is 25.8 Å². The first-order chi connectivity index (χ1) is 11.6. The van der Waals surface area contributed by atoms with Gasteiger partial charge >= 0.3 is 0 Å². The van der Waals surface area contributed by atoms with E-state index in [0.29, 0.717) is 24.1 Å². The molecule has 6 nitrogen and oxygen atoms in total. The van der Waals surface area contributed by atoms with Gasteiger partial charge in [0.05, 0.1) is 22.2 Å². The lowest BCUT2D eigenvalue weighted by atomic mass is 9.97. The van der Waals surface area contributed by atoms with Crippen LogP contribution >= 0.6 is 0 Å². The first-order valence-electron chi connectivity index (χ1n) is 7.80. The number of carbonyl (C=O) groups excluding carboxylic acids is 1. The number of para-hydroxylation sites is 1. The fourth-order valence-corrected chi connectivity index (χ4v) is 2.88. The largest absolute Gasteiger partial charge is 0.278 e. The fourth-order valence-electron chi connectivity index (χ4n) is 2.88. The number of hydrogen-bond acceptors (Lipinski definition) is 4. The molecule has 0 unspecified atom stereocenters. The molecule has 2 aromatic rings. The molecule has 0 fully saturated rings. The molecule has 3 rings (SSSR count). The molecule has 122 valence electrons. The van der Waals surface area contributed by atoms with Gasteiger partial charge in [-0.25, -0.2) is 5.01 Å². The Morgan fingerprint density at radius 1 is 1.21 bits per heavy atom. The molecule has 6 heteroatoms. The minimum Gasteiger partial charge on any atom is -0.273 e. The van der Waals surface area contributed by atoms with Crippen LogP contribution in [0.3, 0.4) is 0 Å². The molecule has 1 atom stereocenters. The summed E-state index contributed by atoms with van der Waals surface area (Å²) >= 11 is 0. The zero-order valence-corrected chi connectivity index (χ0v) is 13.3. The van der Waals surface area contributed by atoms with Gasteiger partial charge in [0.1, 0.15) is 0 Å². The Bertz CT molecular complexity index is 802. The van der Waals surface area contributed by atoms with E-state index in [-0.39, 0.29) is 17.6 Å². The van der Waals surface area contributed by atoms with Crippen LogP contribution in [0.5, 0.6) is 0 Å². The van der Waals surface area contributed by atoms with Crippen LogP contribution in [-0.4, -0.2) is 21.6 Å². The second-order valence-electron chi connectivity index (χ2n) is 5.54. The van der Waals surface area contributed by atoms with Crippen LogP contribution in [0, 0.1) is 10.1 Å². The summed E-state index contributed by atoms with van der Waals surface area (Å²) in [4.78, 5) is 23.1. The summed E-state index contributed by atoms with van der Waals surface area (Å²) in [7, 11) is 0. The van der Waals surface area contributed by atoms with Crippen molar-refractivity contribution in [3.05, 3.63) is 75.8 Å². The number of nitro groups is 1. The average molecular weight is 323 g/mol. The highest BCUT2D eigenvalue weighted by Crippen LogP contribution is 2.35. The normalized spacial score (nSPS) is 16.8. The van der Waals surface area contributed by atoms with Gasteiger partial charge in [0.15, 0.2) is 0 Å². The maximum absolute atomic E-state index is 12.3. The Morgan fingerprint density at radius 2 is 1.88 bits per heavy atom. The molecule has 0 spiro atoms. The van der Waals surface area contributed by atoms with E-state index in [1.54, 1.807) is 25.1 Å². The predicted octanol–water partition coefficient (Wildman–Crippen LogP) is 3.68. The van der Waals surface area contributed by atoms with Crippen molar-refractivity contribution in [2.75, 3.05) is 0 Å². The maximum Gasteiger partial charge on any atom is 0.278 e. The average Bonchev–Trinajstić information content (AvgIpc) is 3.07. The highest BCUT2D eigenvalue weighted by molar-refractivity contribution is 6.06. The molecule has 1 aliphatic rings. The Hall–Kier alpha value is -3.02. The SMILES string of the molecule is CCC(=O)N1N=C(c2ccccc2[N+](=O)[O-])C[C@@H]1c1ccccc1. The number of hydrazone groups is 1. The number of hydrogen-bond donors (Lipinski definition) is 0. The smallest absolute Gasteiger partial charge is 0.273 e. The molecule has 0 aromatic heterocycles. The molecular formula is C18H17N3O3. The minimum atomic E-state index is -0.417. The van der Waals surface area contributed by atoms with Crippen LogP contribution in [-0.2, 0) is 4.79 Å². The number of nitrogens with zero attached hydrogens (tertiary/aromatic N) is 3. The Kier molecular flexibility index (Phi) is 4.37. The summed E-state index contributed by atoms with van der Waals surface area (Å²) in [5.41, 5.74) is 2.01. The lowest BCUT2D eigenvalue weighted by Gasteiger charge is -2.21. The molecule has 24 heavy (non-hydrogen) atoms. The van der Waals surface area contributed by atoms with E-state index >= 15 is 0 Å². The van der Waals surface area contributed by atoms with Gasteiger partial charge in [-0.1, -0.05) is 49.4 Å². The Balaban J connectivity index is 2.02. The molecule has 0 bridgehead atoms. The predicted molar refractivity (Wildman–Crippen MR) is 90.6 cm³/mol. The van der Waals surface area contributed by atoms with E-state index in [0.717, 1.165) is 5.56 Å². The van der Waals surface area contributed by atoms with Gasteiger partial charge < -0.3 is 0 Å². The van der Waals surface area contributed by atoms with Crippen LogP contribution in [0.4, 0.5) is 5.69 Å². The summed E-state index contributed by atoms with van der Waals surface area (Å²) in [6.07, 6.45) is 0.789. The molecule has 0 saturated carbocycles. The van der Waals surface area contributed by atoms with Crippen LogP contribution in [0.2, 0.25) is 0 Å². The van der Waals surface area contributed by atoms with E-state index in [1.165, 1.54) is 11.1 Å². The van der Waals surface area contributed by atoms with Gasteiger partial charge in [0.25, 0.3) is 5.69 Å². The van der Waals surface area contributed by atoms with Crippen molar-refractivity contribution < 1.29 is 9.72 Å². The van der Waals surface area contributed by atoms with Gasteiger partial charge in [-0.15, -0.1) is 0 Å². The van der Waals surface area contributed by atoms with E-state index in [9.17, 15) is 14.9 Å². The highest BCUT2D eigenvalue weighted by Gasteiger charge is 2.34. The Labute approximate surface area is 139 Å². The monoisotopic (exact) mass is 323 g/mol. The number of benzene rings is 2. The topological polar surface area (TPSA) is 75.8 Å². The second-order valence-corrected chi connectivity index (χ2v) is 5.54. The lowest BCUT2D eigenvalue weighted by Crippen LogP contribution is -2.26. The summed E-state index contributed by atoms with van der Waals surface area (Å²) in [5.74, 6) is -0.0996. The lowest BCUT2D eigenvalue weighted by molar-refractivity contribution is -0.385. The third-order valence-corrected chi connectivity index (χ3v) is 4.06. The number of nitro benzene ring substituents is 1. The van der Waals surface area contributed by atoms with Crippen LogP contribution in [0.1, 0.15) is 36.9 Å². The molecule has 0 N–H and O–H groups in total. The third-order valence-electron chi connectivity index (χ3n) is 4.06. The molecule has 1 heterocycles. The van der Waals surface area contributed by atoms with Crippen LogP contribution < -0.4 is 0 Å². The summed E-state index contributed by atoms with van der Waals surface area (Å²) in [6, 6.07) is 15.9. The Morgan fingerprint density at radius 3 is 2.54 bits per heavy atom. The van der Waals surface area contributed by atoms with Gasteiger partial charge in [-0.05, 0) is 11.6 Å².